The Bertz CT molecular complexity index is 760. The predicted molar refractivity (Wildman–Crippen MR) is 97.7 cm³/mol. The lowest BCUT2D eigenvalue weighted by Gasteiger charge is -2.08. The van der Waals surface area contributed by atoms with Crippen molar-refractivity contribution in [2.24, 2.45) is 5.10 Å². The molecule has 126 valence electrons. The first-order chi connectivity index (χ1) is 11.5. The van der Waals surface area contributed by atoms with Crippen LogP contribution in [0.1, 0.15) is 18.1 Å². The van der Waals surface area contributed by atoms with E-state index < -0.39 is 0 Å². The molecule has 1 amide bonds. The smallest absolute Gasteiger partial charge is 0.277 e. The Kier molecular flexibility index (Phi) is 6.37. The van der Waals surface area contributed by atoms with Gasteiger partial charge < -0.3 is 9.47 Å². The van der Waals surface area contributed by atoms with Gasteiger partial charge in [-0.15, -0.1) is 0 Å². The van der Waals surface area contributed by atoms with E-state index in [9.17, 15) is 4.79 Å². The summed E-state index contributed by atoms with van der Waals surface area (Å²) in [4.78, 5) is 11.9. The third-order valence-corrected chi connectivity index (χ3v) is 3.99. The van der Waals surface area contributed by atoms with Crippen LogP contribution in [0.15, 0.2) is 52.0 Å². The molecule has 0 aliphatic rings. The first kappa shape index (κ1) is 18.0. The van der Waals surface area contributed by atoms with Crippen LogP contribution in [0.4, 0.5) is 0 Å². The number of hydrogen-bond acceptors (Lipinski definition) is 4. The molecule has 0 saturated heterocycles. The number of aryl methyl sites for hydroxylation is 1. The average molecular weight is 391 g/mol. The monoisotopic (exact) mass is 390 g/mol. The van der Waals surface area contributed by atoms with Crippen molar-refractivity contribution in [1.82, 2.24) is 5.43 Å². The van der Waals surface area contributed by atoms with Crippen LogP contribution in [0.2, 0.25) is 0 Å². The second-order valence-electron chi connectivity index (χ2n) is 5.14. The molecule has 0 fully saturated rings. The summed E-state index contributed by atoms with van der Waals surface area (Å²) in [5, 5.41) is 4.10. The maximum Gasteiger partial charge on any atom is 0.277 e. The molecule has 0 aromatic heterocycles. The third kappa shape index (κ3) is 4.83. The van der Waals surface area contributed by atoms with Crippen molar-refractivity contribution in [3.8, 4) is 11.5 Å². The topological polar surface area (TPSA) is 59.9 Å². The molecule has 0 aliphatic carbocycles. The van der Waals surface area contributed by atoms with Gasteiger partial charge in [0, 0.05) is 0 Å². The van der Waals surface area contributed by atoms with Crippen molar-refractivity contribution in [1.29, 1.82) is 0 Å². The number of hydrazone groups is 1. The molecule has 6 heteroatoms. The number of rotatable bonds is 6. The third-order valence-electron chi connectivity index (χ3n) is 3.37. The van der Waals surface area contributed by atoms with Gasteiger partial charge in [-0.25, -0.2) is 5.43 Å². The highest BCUT2D eigenvalue weighted by atomic mass is 79.9. The summed E-state index contributed by atoms with van der Waals surface area (Å²) < 4.78 is 11.5. The van der Waals surface area contributed by atoms with E-state index in [1.165, 1.54) is 0 Å². The number of amides is 1. The molecular weight excluding hydrogens is 372 g/mol. The van der Waals surface area contributed by atoms with E-state index in [4.69, 9.17) is 9.47 Å². The van der Waals surface area contributed by atoms with Gasteiger partial charge in [-0.1, -0.05) is 18.2 Å². The Morgan fingerprint density at radius 3 is 2.62 bits per heavy atom. The van der Waals surface area contributed by atoms with Crippen LogP contribution in [0, 0.1) is 6.92 Å². The van der Waals surface area contributed by atoms with Crippen molar-refractivity contribution in [3.63, 3.8) is 0 Å². The zero-order valence-electron chi connectivity index (χ0n) is 13.8. The van der Waals surface area contributed by atoms with Crippen LogP contribution in [0.3, 0.4) is 0 Å². The number of nitrogens with zero attached hydrogens (tertiary/aromatic N) is 1. The van der Waals surface area contributed by atoms with Gasteiger partial charge >= 0.3 is 0 Å². The molecule has 2 aromatic carbocycles. The molecule has 2 rings (SSSR count). The summed E-state index contributed by atoms with van der Waals surface area (Å²) in [6.45, 7) is 3.65. The number of para-hydroxylation sites is 1. The average Bonchev–Trinajstić information content (AvgIpc) is 2.58. The van der Waals surface area contributed by atoms with Gasteiger partial charge in [-0.05, 0) is 65.2 Å². The number of carbonyl (C=O) groups is 1. The molecule has 0 spiro atoms. The standard InChI is InChI=1S/C18H19BrN2O3/c1-12-6-4-5-7-16(12)24-11-18(22)21-20-13(2)14-8-9-17(23-3)15(19)10-14/h4-10H,11H2,1-3H3,(H,21,22)/b20-13-. The SMILES string of the molecule is COc1ccc(/C(C)=N\NC(=O)COc2ccccc2C)cc1Br. The van der Waals surface area contributed by atoms with Crippen molar-refractivity contribution in [3.05, 3.63) is 58.1 Å². The zero-order valence-corrected chi connectivity index (χ0v) is 15.4. The van der Waals surface area contributed by atoms with E-state index in [1.807, 2.05) is 56.3 Å². The summed E-state index contributed by atoms with van der Waals surface area (Å²) in [5.74, 6) is 1.11. The normalized spacial score (nSPS) is 11.1. The van der Waals surface area contributed by atoms with E-state index in [1.54, 1.807) is 7.11 Å². The molecule has 0 heterocycles. The molecule has 0 radical (unpaired) electrons. The minimum atomic E-state index is -0.315. The maximum atomic E-state index is 11.9. The van der Waals surface area contributed by atoms with Gasteiger partial charge in [0.25, 0.3) is 5.91 Å². The van der Waals surface area contributed by atoms with Gasteiger partial charge in [0.15, 0.2) is 6.61 Å². The molecule has 0 aliphatic heterocycles. The number of halogens is 1. The largest absolute Gasteiger partial charge is 0.496 e. The minimum absolute atomic E-state index is 0.0893. The molecule has 0 bridgehead atoms. The Morgan fingerprint density at radius 1 is 1.21 bits per heavy atom. The van der Waals surface area contributed by atoms with E-state index >= 15 is 0 Å². The van der Waals surface area contributed by atoms with Gasteiger partial charge in [0.2, 0.25) is 0 Å². The lowest BCUT2D eigenvalue weighted by Crippen LogP contribution is -2.25. The number of benzene rings is 2. The minimum Gasteiger partial charge on any atom is -0.496 e. The first-order valence-corrected chi connectivity index (χ1v) is 8.16. The Hall–Kier alpha value is -2.34. The van der Waals surface area contributed by atoms with Crippen molar-refractivity contribution >= 4 is 27.5 Å². The molecular formula is C18H19BrN2O3. The molecule has 0 atom stereocenters. The predicted octanol–water partition coefficient (Wildman–Crippen LogP) is 3.69. The van der Waals surface area contributed by atoms with E-state index in [-0.39, 0.29) is 12.5 Å². The van der Waals surface area contributed by atoms with Gasteiger partial charge in [-0.3, -0.25) is 4.79 Å². The Balaban J connectivity index is 1.93. The van der Waals surface area contributed by atoms with Crippen molar-refractivity contribution < 1.29 is 14.3 Å². The summed E-state index contributed by atoms with van der Waals surface area (Å²) in [5.41, 5.74) is 5.04. The summed E-state index contributed by atoms with van der Waals surface area (Å²) in [7, 11) is 1.61. The lowest BCUT2D eigenvalue weighted by molar-refractivity contribution is -0.123. The van der Waals surface area contributed by atoms with E-state index in [0.717, 1.165) is 21.3 Å². The van der Waals surface area contributed by atoms with Gasteiger partial charge in [-0.2, -0.15) is 5.10 Å². The van der Waals surface area contributed by atoms with Crippen LogP contribution < -0.4 is 14.9 Å². The lowest BCUT2D eigenvalue weighted by atomic mass is 10.1. The molecule has 2 aromatic rings. The van der Waals surface area contributed by atoms with E-state index in [2.05, 4.69) is 26.5 Å². The molecule has 1 N–H and O–H groups in total. The van der Waals surface area contributed by atoms with Crippen LogP contribution >= 0.6 is 15.9 Å². The molecule has 0 unspecified atom stereocenters. The number of nitrogens with one attached hydrogen (secondary N) is 1. The number of hydrogen-bond donors (Lipinski definition) is 1. The summed E-state index contributed by atoms with van der Waals surface area (Å²) in [6, 6.07) is 13.1. The number of methoxy groups -OCH3 is 1. The Morgan fingerprint density at radius 2 is 1.96 bits per heavy atom. The zero-order chi connectivity index (χ0) is 17.5. The fourth-order valence-corrected chi connectivity index (χ4v) is 2.54. The van der Waals surface area contributed by atoms with Gasteiger partial charge in [0.05, 0.1) is 17.3 Å². The molecule has 24 heavy (non-hydrogen) atoms. The highest BCUT2D eigenvalue weighted by Crippen LogP contribution is 2.25. The van der Waals surface area contributed by atoms with Crippen LogP contribution in [-0.2, 0) is 4.79 Å². The maximum absolute atomic E-state index is 11.9. The van der Waals surface area contributed by atoms with Crippen molar-refractivity contribution in [2.45, 2.75) is 13.8 Å². The summed E-state index contributed by atoms with van der Waals surface area (Å²) >= 11 is 3.43. The molecule has 5 nitrogen and oxygen atoms in total. The molecule has 0 saturated carbocycles. The van der Waals surface area contributed by atoms with Gasteiger partial charge in [0.1, 0.15) is 11.5 Å². The van der Waals surface area contributed by atoms with Crippen molar-refractivity contribution in [2.75, 3.05) is 13.7 Å². The van der Waals surface area contributed by atoms with Crippen LogP contribution in [0.25, 0.3) is 0 Å². The fraction of sp³-hybridized carbons (Fsp3) is 0.222. The van der Waals surface area contributed by atoms with E-state index in [0.29, 0.717) is 11.5 Å². The second kappa shape index (κ2) is 8.49. The Labute approximate surface area is 149 Å². The summed E-state index contributed by atoms with van der Waals surface area (Å²) in [6.07, 6.45) is 0. The number of carbonyl (C=O) groups excluding carboxylic acids is 1. The highest BCUT2D eigenvalue weighted by Gasteiger charge is 2.06. The highest BCUT2D eigenvalue weighted by molar-refractivity contribution is 9.10. The quantitative estimate of drug-likeness (QED) is 0.604. The van der Waals surface area contributed by atoms with Crippen LogP contribution in [0.5, 0.6) is 11.5 Å². The van der Waals surface area contributed by atoms with Crippen LogP contribution in [-0.4, -0.2) is 25.3 Å². The second-order valence-corrected chi connectivity index (χ2v) is 5.99. The fourth-order valence-electron chi connectivity index (χ4n) is 2.00. The first-order valence-electron chi connectivity index (χ1n) is 7.36. The number of ether oxygens (including phenoxy) is 2.